The number of H-pyrrole nitrogens is 1. The molecule has 2 heterocycles. The van der Waals surface area contributed by atoms with Crippen LogP contribution in [-0.4, -0.2) is 37.7 Å². The molecule has 0 aliphatic rings. The first-order valence-corrected chi connectivity index (χ1v) is 11.5. The first kappa shape index (κ1) is 23.6. The van der Waals surface area contributed by atoms with Crippen molar-refractivity contribution >= 4 is 34.6 Å². The van der Waals surface area contributed by atoms with Gasteiger partial charge in [0, 0.05) is 23.9 Å². The van der Waals surface area contributed by atoms with E-state index in [1.165, 1.54) is 12.1 Å². The first-order chi connectivity index (χ1) is 16.4. The highest BCUT2D eigenvalue weighted by molar-refractivity contribution is 7.98. The van der Waals surface area contributed by atoms with Gasteiger partial charge in [-0.05, 0) is 18.6 Å². The van der Waals surface area contributed by atoms with Crippen molar-refractivity contribution in [2.75, 3.05) is 17.2 Å². The molecule has 0 saturated heterocycles. The van der Waals surface area contributed by atoms with Crippen LogP contribution in [0.5, 0.6) is 0 Å². The second-order valence-electron chi connectivity index (χ2n) is 7.54. The van der Waals surface area contributed by atoms with Gasteiger partial charge >= 0.3 is 0 Å². The minimum atomic E-state index is -0.930. The number of benzene rings is 2. The van der Waals surface area contributed by atoms with Gasteiger partial charge in [0.05, 0.1) is 6.61 Å². The maximum atomic E-state index is 14.0. The van der Waals surface area contributed by atoms with Crippen molar-refractivity contribution in [1.29, 1.82) is 0 Å². The molecule has 8 nitrogen and oxygen atoms in total. The molecule has 1 unspecified atom stereocenters. The number of aliphatic hydroxyl groups excluding tert-OH is 1. The van der Waals surface area contributed by atoms with Crippen molar-refractivity contribution in [2.45, 2.75) is 30.4 Å². The van der Waals surface area contributed by atoms with Crippen molar-refractivity contribution in [1.82, 2.24) is 19.9 Å². The van der Waals surface area contributed by atoms with Crippen LogP contribution >= 0.6 is 11.8 Å². The molecule has 176 valence electrons. The SMILES string of the molecule is CC(CO)Nc1nc(SCc2cccc(F)c2F)nc2[nH]c(=O)c(NCc3ccccc3)nc12. The third-order valence-corrected chi connectivity index (χ3v) is 5.78. The zero-order chi connectivity index (χ0) is 24.1. The highest BCUT2D eigenvalue weighted by Crippen LogP contribution is 2.26. The lowest BCUT2D eigenvalue weighted by Gasteiger charge is -2.15. The molecular formula is C23H22F2N6O2S. The van der Waals surface area contributed by atoms with Crippen LogP contribution in [0.15, 0.2) is 58.5 Å². The number of nitrogens with one attached hydrogen (secondary N) is 3. The van der Waals surface area contributed by atoms with Crippen LogP contribution in [0.4, 0.5) is 20.4 Å². The quantitative estimate of drug-likeness (QED) is 0.210. The predicted octanol–water partition coefficient (Wildman–Crippen LogP) is 3.69. The van der Waals surface area contributed by atoms with Crippen LogP contribution in [0, 0.1) is 11.6 Å². The molecule has 0 radical (unpaired) electrons. The predicted molar refractivity (Wildman–Crippen MR) is 128 cm³/mol. The van der Waals surface area contributed by atoms with Crippen molar-refractivity contribution in [3.05, 3.63) is 81.6 Å². The summed E-state index contributed by atoms with van der Waals surface area (Å²) in [6.45, 7) is 1.99. The van der Waals surface area contributed by atoms with E-state index in [0.29, 0.717) is 17.9 Å². The highest BCUT2D eigenvalue weighted by atomic mass is 32.2. The summed E-state index contributed by atoms with van der Waals surface area (Å²) >= 11 is 1.08. The number of aromatic nitrogens is 4. The number of rotatable bonds is 9. The second kappa shape index (κ2) is 10.6. The zero-order valence-corrected chi connectivity index (χ0v) is 19.0. The summed E-state index contributed by atoms with van der Waals surface area (Å²) in [6.07, 6.45) is 0. The number of anilines is 2. The maximum Gasteiger partial charge on any atom is 0.292 e. The van der Waals surface area contributed by atoms with Crippen LogP contribution in [0.25, 0.3) is 11.2 Å². The maximum absolute atomic E-state index is 14.0. The summed E-state index contributed by atoms with van der Waals surface area (Å²) in [5.74, 6) is -1.37. The van der Waals surface area contributed by atoms with E-state index in [-0.39, 0.29) is 40.6 Å². The number of aliphatic hydroxyl groups is 1. The average molecular weight is 485 g/mol. The molecule has 0 saturated carbocycles. The molecule has 4 aromatic rings. The molecule has 34 heavy (non-hydrogen) atoms. The Hall–Kier alpha value is -3.57. The van der Waals surface area contributed by atoms with Gasteiger partial charge in [-0.3, -0.25) is 4.79 Å². The van der Waals surface area contributed by atoms with Gasteiger partial charge in [0.25, 0.3) is 5.56 Å². The Morgan fingerprint density at radius 1 is 1.06 bits per heavy atom. The van der Waals surface area contributed by atoms with Crippen LogP contribution < -0.4 is 16.2 Å². The zero-order valence-electron chi connectivity index (χ0n) is 18.2. The molecule has 4 rings (SSSR count). The van der Waals surface area contributed by atoms with E-state index in [2.05, 4.69) is 30.6 Å². The fraction of sp³-hybridized carbons (Fsp3) is 0.217. The summed E-state index contributed by atoms with van der Waals surface area (Å²) in [5.41, 5.74) is 1.16. The third-order valence-electron chi connectivity index (χ3n) is 4.88. The van der Waals surface area contributed by atoms with Crippen molar-refractivity contribution in [3.63, 3.8) is 0 Å². The molecule has 0 amide bonds. The molecule has 0 spiro atoms. The summed E-state index contributed by atoms with van der Waals surface area (Å²) in [7, 11) is 0. The topological polar surface area (TPSA) is 116 Å². The number of hydrogen-bond acceptors (Lipinski definition) is 8. The number of thioether (sulfide) groups is 1. The van der Waals surface area contributed by atoms with Crippen LogP contribution in [0.1, 0.15) is 18.1 Å². The Morgan fingerprint density at radius 2 is 1.85 bits per heavy atom. The van der Waals surface area contributed by atoms with Gasteiger partial charge in [-0.1, -0.05) is 54.2 Å². The summed E-state index contributed by atoms with van der Waals surface area (Å²) in [4.78, 5) is 28.5. The van der Waals surface area contributed by atoms with Crippen molar-refractivity contribution in [3.8, 4) is 0 Å². The first-order valence-electron chi connectivity index (χ1n) is 10.5. The third kappa shape index (κ3) is 5.49. The number of fused-ring (bicyclic) bond motifs is 1. The normalized spacial score (nSPS) is 12.0. The fourth-order valence-electron chi connectivity index (χ4n) is 3.10. The smallest absolute Gasteiger partial charge is 0.292 e. The van der Waals surface area contributed by atoms with E-state index in [4.69, 9.17) is 0 Å². The lowest BCUT2D eigenvalue weighted by molar-refractivity contribution is 0.281. The average Bonchev–Trinajstić information content (AvgIpc) is 2.84. The van der Waals surface area contributed by atoms with Gasteiger partial charge in [0.2, 0.25) is 0 Å². The molecule has 11 heteroatoms. The van der Waals surface area contributed by atoms with Gasteiger partial charge in [-0.2, -0.15) is 0 Å². The largest absolute Gasteiger partial charge is 0.394 e. The van der Waals surface area contributed by atoms with Crippen molar-refractivity contribution in [2.24, 2.45) is 0 Å². The minimum Gasteiger partial charge on any atom is -0.394 e. The molecule has 0 aliphatic heterocycles. The van der Waals surface area contributed by atoms with Gasteiger partial charge in [-0.15, -0.1) is 0 Å². The Kier molecular flexibility index (Phi) is 7.33. The standard InChI is InChI=1S/C23H22F2N6O2S/c1-13(11-32)27-19-18-20(29-22(33)21(28-18)26-10-14-6-3-2-4-7-14)31-23(30-19)34-12-15-8-5-9-16(24)17(15)25/h2-9,13,32H,10-12H2,1H3,(H,26,28)(H2,27,29,30,31,33). The van der Waals surface area contributed by atoms with E-state index < -0.39 is 17.2 Å². The molecular weight excluding hydrogens is 462 g/mol. The molecule has 2 aromatic carbocycles. The number of nitrogens with zero attached hydrogens (tertiary/aromatic N) is 3. The van der Waals surface area contributed by atoms with E-state index in [1.54, 1.807) is 6.92 Å². The van der Waals surface area contributed by atoms with E-state index in [1.807, 2.05) is 30.3 Å². The molecule has 1 atom stereocenters. The van der Waals surface area contributed by atoms with E-state index in [9.17, 15) is 18.7 Å². The van der Waals surface area contributed by atoms with Crippen LogP contribution in [-0.2, 0) is 12.3 Å². The molecule has 0 aliphatic carbocycles. The monoisotopic (exact) mass is 484 g/mol. The van der Waals surface area contributed by atoms with Gasteiger partial charge < -0.3 is 20.7 Å². The van der Waals surface area contributed by atoms with Gasteiger partial charge in [0.1, 0.15) is 0 Å². The molecule has 4 N–H and O–H groups in total. The summed E-state index contributed by atoms with van der Waals surface area (Å²) in [5, 5.41) is 15.8. The Balaban J connectivity index is 1.65. The Morgan fingerprint density at radius 3 is 2.62 bits per heavy atom. The van der Waals surface area contributed by atoms with E-state index in [0.717, 1.165) is 23.4 Å². The number of halogens is 2. The second-order valence-corrected chi connectivity index (χ2v) is 8.48. The van der Waals surface area contributed by atoms with E-state index >= 15 is 0 Å². The van der Waals surface area contributed by atoms with Gasteiger partial charge in [-0.25, -0.2) is 23.7 Å². The molecule has 0 bridgehead atoms. The lowest BCUT2D eigenvalue weighted by Crippen LogP contribution is -2.22. The highest BCUT2D eigenvalue weighted by Gasteiger charge is 2.16. The number of aromatic amines is 1. The lowest BCUT2D eigenvalue weighted by atomic mass is 10.2. The Labute approximate surface area is 197 Å². The van der Waals surface area contributed by atoms with Crippen LogP contribution in [0.2, 0.25) is 0 Å². The summed E-state index contributed by atoms with van der Waals surface area (Å²) in [6, 6.07) is 13.1. The van der Waals surface area contributed by atoms with Crippen molar-refractivity contribution < 1.29 is 13.9 Å². The minimum absolute atomic E-state index is 0.0818. The fourth-order valence-corrected chi connectivity index (χ4v) is 3.92. The Bertz CT molecular complexity index is 1350. The van der Waals surface area contributed by atoms with Gasteiger partial charge in [0.15, 0.2) is 39.6 Å². The van der Waals surface area contributed by atoms with Crippen LogP contribution in [0.3, 0.4) is 0 Å². The molecule has 2 aromatic heterocycles. The number of hydrogen-bond donors (Lipinski definition) is 4. The summed E-state index contributed by atoms with van der Waals surface area (Å²) < 4.78 is 27.5. The molecule has 0 fully saturated rings.